The van der Waals surface area contributed by atoms with Crippen LogP contribution in [0.15, 0.2) is 22.8 Å². The number of nitrogens with one attached hydrogen (secondary N) is 1. The molecule has 2 aromatic rings. The summed E-state index contributed by atoms with van der Waals surface area (Å²) in [6.07, 6.45) is 1.56. The summed E-state index contributed by atoms with van der Waals surface area (Å²) in [5.41, 5.74) is 0.380. The summed E-state index contributed by atoms with van der Waals surface area (Å²) >= 11 is 0. The number of ether oxygens (including phenoxy) is 1. The number of aliphatic carboxylic acids is 1. The number of aromatic amines is 1. The van der Waals surface area contributed by atoms with Gasteiger partial charge in [0.2, 0.25) is 0 Å². The van der Waals surface area contributed by atoms with Gasteiger partial charge in [0.25, 0.3) is 0 Å². The van der Waals surface area contributed by atoms with Gasteiger partial charge in [0.15, 0.2) is 11.2 Å². The Balaban J connectivity index is 2.05. The molecule has 94 valence electrons. The van der Waals surface area contributed by atoms with Crippen LogP contribution in [0.5, 0.6) is 0 Å². The van der Waals surface area contributed by atoms with E-state index >= 15 is 0 Å². The first kappa shape index (κ1) is 11.0. The Morgan fingerprint density at radius 3 is 2.83 bits per heavy atom. The molecule has 0 aromatic carbocycles. The molecule has 1 aliphatic rings. The molecule has 0 bridgehead atoms. The summed E-state index contributed by atoms with van der Waals surface area (Å²) in [5, 5.41) is 9.30. The molecule has 0 amide bonds. The van der Waals surface area contributed by atoms with Crippen LogP contribution in [-0.2, 0) is 14.9 Å². The number of aromatic nitrogens is 2. The molecule has 0 aliphatic carbocycles. The molecule has 0 saturated carbocycles. The fraction of sp³-hybridized carbons (Fsp3) is 0.333. The van der Waals surface area contributed by atoms with Crippen molar-refractivity contribution in [2.24, 2.45) is 0 Å². The van der Waals surface area contributed by atoms with Gasteiger partial charge in [-0.05, 0) is 19.1 Å². The molecule has 0 radical (unpaired) electrons. The van der Waals surface area contributed by atoms with Gasteiger partial charge in [-0.3, -0.25) is 4.79 Å². The summed E-state index contributed by atoms with van der Waals surface area (Å²) in [6, 6.07) is 3.56. The van der Waals surface area contributed by atoms with Crippen LogP contribution in [-0.4, -0.2) is 34.3 Å². The second-order valence-electron chi connectivity index (χ2n) is 4.42. The van der Waals surface area contributed by atoms with E-state index in [0.717, 1.165) is 5.69 Å². The highest BCUT2D eigenvalue weighted by Gasteiger charge is 2.50. The third kappa shape index (κ3) is 1.39. The van der Waals surface area contributed by atoms with E-state index in [4.69, 9.17) is 9.15 Å². The van der Waals surface area contributed by atoms with Gasteiger partial charge in [-0.2, -0.15) is 0 Å². The van der Waals surface area contributed by atoms with Crippen molar-refractivity contribution in [2.45, 2.75) is 12.3 Å². The highest BCUT2D eigenvalue weighted by molar-refractivity contribution is 5.82. The highest BCUT2D eigenvalue weighted by atomic mass is 16.5. The first-order chi connectivity index (χ1) is 8.63. The minimum absolute atomic E-state index is 0.146. The average molecular weight is 248 g/mol. The quantitative estimate of drug-likeness (QED) is 0.855. The smallest absolute Gasteiger partial charge is 0.322 e. The maximum Gasteiger partial charge on any atom is 0.322 e. The van der Waals surface area contributed by atoms with Crippen LogP contribution in [0, 0.1) is 6.92 Å². The monoisotopic (exact) mass is 248 g/mol. The Kier molecular flexibility index (Phi) is 2.27. The van der Waals surface area contributed by atoms with Crippen molar-refractivity contribution >= 4 is 5.97 Å². The van der Waals surface area contributed by atoms with Gasteiger partial charge in [0.1, 0.15) is 11.5 Å². The van der Waals surface area contributed by atoms with Gasteiger partial charge in [0.05, 0.1) is 19.5 Å². The lowest BCUT2D eigenvalue weighted by Gasteiger charge is -2.35. The van der Waals surface area contributed by atoms with E-state index in [1.165, 1.54) is 0 Å². The maximum atomic E-state index is 11.3. The summed E-state index contributed by atoms with van der Waals surface area (Å²) in [7, 11) is 0. The molecule has 0 unspecified atom stereocenters. The number of carboxylic acid groups (broad SMARTS) is 1. The molecule has 3 heterocycles. The average Bonchev–Trinajstić information content (AvgIpc) is 2.84. The molecule has 0 atom stereocenters. The molecule has 2 aromatic heterocycles. The molecule has 1 aliphatic heterocycles. The highest BCUT2D eigenvalue weighted by Crippen LogP contribution is 2.33. The first-order valence-electron chi connectivity index (χ1n) is 5.55. The number of hydrogen-bond acceptors (Lipinski definition) is 4. The van der Waals surface area contributed by atoms with Crippen molar-refractivity contribution in [3.63, 3.8) is 0 Å². The zero-order chi connectivity index (χ0) is 12.8. The van der Waals surface area contributed by atoms with Crippen LogP contribution in [0.25, 0.3) is 11.5 Å². The molecule has 2 N–H and O–H groups in total. The van der Waals surface area contributed by atoms with Crippen molar-refractivity contribution in [3.05, 3.63) is 29.9 Å². The van der Waals surface area contributed by atoms with E-state index in [9.17, 15) is 9.90 Å². The fourth-order valence-electron chi connectivity index (χ4n) is 2.01. The number of rotatable bonds is 3. The lowest BCUT2D eigenvalue weighted by molar-refractivity contribution is -0.163. The fourth-order valence-corrected chi connectivity index (χ4v) is 2.01. The number of carbonyl (C=O) groups is 1. The predicted molar refractivity (Wildman–Crippen MR) is 61.2 cm³/mol. The van der Waals surface area contributed by atoms with E-state index in [-0.39, 0.29) is 13.2 Å². The Morgan fingerprint density at radius 1 is 1.56 bits per heavy atom. The van der Waals surface area contributed by atoms with Crippen LogP contribution in [0.4, 0.5) is 0 Å². The Hall–Kier alpha value is -2.08. The van der Waals surface area contributed by atoms with Gasteiger partial charge in [0, 0.05) is 5.69 Å². The van der Waals surface area contributed by atoms with Gasteiger partial charge >= 0.3 is 5.97 Å². The second-order valence-corrected chi connectivity index (χ2v) is 4.42. The van der Waals surface area contributed by atoms with E-state index in [2.05, 4.69) is 9.97 Å². The van der Waals surface area contributed by atoms with Gasteiger partial charge in [-0.25, -0.2) is 4.98 Å². The van der Waals surface area contributed by atoms with Crippen LogP contribution < -0.4 is 0 Å². The van der Waals surface area contributed by atoms with Gasteiger partial charge in [-0.15, -0.1) is 0 Å². The standard InChI is InChI=1S/C12H12N2O4/c1-7-9(8-3-2-4-18-8)14-10(13-7)12(11(15)16)5-17-6-12/h2-4H,5-6H2,1H3,(H,13,14)(H,15,16). The third-order valence-electron chi connectivity index (χ3n) is 3.20. The minimum Gasteiger partial charge on any atom is -0.480 e. The molecule has 3 rings (SSSR count). The Morgan fingerprint density at radius 2 is 2.33 bits per heavy atom. The topological polar surface area (TPSA) is 88.4 Å². The minimum atomic E-state index is -1.05. The van der Waals surface area contributed by atoms with Crippen molar-refractivity contribution in [1.82, 2.24) is 9.97 Å². The summed E-state index contributed by atoms with van der Waals surface area (Å²) in [4.78, 5) is 18.7. The zero-order valence-electron chi connectivity index (χ0n) is 9.77. The van der Waals surface area contributed by atoms with Gasteiger partial charge < -0.3 is 19.2 Å². The maximum absolute atomic E-state index is 11.3. The van der Waals surface area contributed by atoms with E-state index in [1.54, 1.807) is 18.4 Å². The summed E-state index contributed by atoms with van der Waals surface area (Å²) < 4.78 is 10.3. The second kappa shape index (κ2) is 3.71. The molecule has 1 fully saturated rings. The van der Waals surface area contributed by atoms with Crippen molar-refractivity contribution in [2.75, 3.05) is 13.2 Å². The molecule has 6 heteroatoms. The first-order valence-corrected chi connectivity index (χ1v) is 5.55. The van der Waals surface area contributed by atoms with Crippen LogP contribution in [0.3, 0.4) is 0 Å². The Labute approximate surface area is 103 Å². The Bertz CT molecular complexity index is 581. The van der Waals surface area contributed by atoms with E-state index in [1.807, 2.05) is 6.92 Å². The van der Waals surface area contributed by atoms with Crippen molar-refractivity contribution in [1.29, 1.82) is 0 Å². The number of furan rings is 1. The van der Waals surface area contributed by atoms with E-state index in [0.29, 0.717) is 17.3 Å². The van der Waals surface area contributed by atoms with Crippen LogP contribution in [0.1, 0.15) is 11.5 Å². The molecule has 1 saturated heterocycles. The summed E-state index contributed by atoms with van der Waals surface area (Å²) in [5.74, 6) is 0.120. The molecule has 18 heavy (non-hydrogen) atoms. The number of carboxylic acids is 1. The lowest BCUT2D eigenvalue weighted by atomic mass is 9.85. The van der Waals surface area contributed by atoms with Gasteiger partial charge in [-0.1, -0.05) is 0 Å². The normalized spacial score (nSPS) is 17.4. The van der Waals surface area contributed by atoms with Crippen molar-refractivity contribution < 1.29 is 19.1 Å². The molecular formula is C12H12N2O4. The number of nitrogens with zero attached hydrogens (tertiary/aromatic N) is 1. The van der Waals surface area contributed by atoms with Crippen LogP contribution >= 0.6 is 0 Å². The van der Waals surface area contributed by atoms with E-state index < -0.39 is 11.4 Å². The predicted octanol–water partition coefficient (Wildman–Crippen LogP) is 1.33. The lowest BCUT2D eigenvalue weighted by Crippen LogP contribution is -2.53. The third-order valence-corrected chi connectivity index (χ3v) is 3.20. The largest absolute Gasteiger partial charge is 0.480 e. The number of imidazole rings is 1. The number of H-pyrrole nitrogens is 1. The SMILES string of the molecule is Cc1[nH]c(C2(C(=O)O)COC2)nc1-c1ccco1. The summed E-state index contributed by atoms with van der Waals surface area (Å²) in [6.45, 7) is 2.13. The molecular weight excluding hydrogens is 236 g/mol. The molecule has 6 nitrogen and oxygen atoms in total. The number of aryl methyl sites for hydroxylation is 1. The van der Waals surface area contributed by atoms with Crippen LogP contribution in [0.2, 0.25) is 0 Å². The van der Waals surface area contributed by atoms with Crippen molar-refractivity contribution in [3.8, 4) is 11.5 Å². The molecule has 0 spiro atoms. The zero-order valence-corrected chi connectivity index (χ0v) is 9.77. The number of hydrogen-bond donors (Lipinski definition) is 2.